The van der Waals surface area contributed by atoms with E-state index in [1.807, 2.05) is 0 Å². The molecule has 2 aromatic carbocycles. The zero-order valence-corrected chi connectivity index (χ0v) is 17.5. The van der Waals surface area contributed by atoms with Crippen LogP contribution < -0.4 is 9.47 Å². The van der Waals surface area contributed by atoms with Gasteiger partial charge in [0.2, 0.25) is 11.7 Å². The summed E-state index contributed by atoms with van der Waals surface area (Å²) in [4.78, 5) is 15.6. The molecule has 0 amide bonds. The summed E-state index contributed by atoms with van der Waals surface area (Å²) in [5.74, 6) is -1.50. The van der Waals surface area contributed by atoms with E-state index in [-0.39, 0.29) is 12.5 Å². The first-order valence-corrected chi connectivity index (χ1v) is 9.76. The summed E-state index contributed by atoms with van der Waals surface area (Å²) in [7, 11) is 0. The molecule has 0 fully saturated rings. The van der Waals surface area contributed by atoms with Crippen molar-refractivity contribution in [2.45, 2.75) is 19.7 Å². The number of tetrazole rings is 1. The molecule has 0 atom stereocenters. The van der Waals surface area contributed by atoms with Crippen LogP contribution >= 0.6 is 0 Å². The van der Waals surface area contributed by atoms with Gasteiger partial charge in [0.15, 0.2) is 5.78 Å². The number of pyridine rings is 1. The van der Waals surface area contributed by atoms with Crippen molar-refractivity contribution < 1.29 is 32.5 Å². The van der Waals surface area contributed by atoms with Crippen LogP contribution in [0.3, 0.4) is 0 Å². The van der Waals surface area contributed by atoms with Gasteiger partial charge < -0.3 is 14.6 Å². The number of hydrogen-bond acceptors (Lipinski definition) is 8. The summed E-state index contributed by atoms with van der Waals surface area (Å²) in [6.45, 7) is 0.809. The molecule has 34 heavy (non-hydrogen) atoms. The average Bonchev–Trinajstić information content (AvgIpc) is 3.32. The number of aromatic nitrogens is 5. The molecule has 0 radical (unpaired) electrons. The molecule has 2 heterocycles. The van der Waals surface area contributed by atoms with Gasteiger partial charge in [-0.15, -0.1) is 10.2 Å². The minimum atomic E-state index is -4.93. The topological polar surface area (TPSA) is 123 Å². The SMILES string of the molecule is CC(=O)c1ccc(OCc2cccc(Oc3cc(-c4nn[nH]n4)ccn3)c2)c(C(F)(F)F)c1O. The minimum absolute atomic E-state index is 0.240. The van der Waals surface area contributed by atoms with Crippen molar-refractivity contribution in [1.29, 1.82) is 0 Å². The summed E-state index contributed by atoms with van der Waals surface area (Å²) in [6, 6.07) is 11.8. The van der Waals surface area contributed by atoms with Gasteiger partial charge in [-0.3, -0.25) is 4.79 Å². The van der Waals surface area contributed by atoms with Gasteiger partial charge in [-0.25, -0.2) is 4.98 Å². The maximum Gasteiger partial charge on any atom is 0.423 e. The highest BCUT2D eigenvalue weighted by molar-refractivity contribution is 5.97. The number of carbonyl (C=O) groups is 1. The number of carbonyl (C=O) groups excluding carboxylic acids is 1. The second kappa shape index (κ2) is 9.17. The molecule has 0 aliphatic heterocycles. The number of halogens is 3. The number of ether oxygens (including phenoxy) is 2. The fourth-order valence-electron chi connectivity index (χ4n) is 3.12. The summed E-state index contributed by atoms with van der Waals surface area (Å²) in [5.41, 5.74) is -0.734. The molecule has 0 unspecified atom stereocenters. The van der Waals surface area contributed by atoms with E-state index in [1.165, 1.54) is 6.20 Å². The fourth-order valence-corrected chi connectivity index (χ4v) is 3.12. The van der Waals surface area contributed by atoms with Gasteiger partial charge in [0.1, 0.15) is 29.4 Å². The Hall–Kier alpha value is -4.48. The van der Waals surface area contributed by atoms with Gasteiger partial charge in [0.25, 0.3) is 0 Å². The first kappa shape index (κ1) is 22.7. The molecule has 0 bridgehead atoms. The highest BCUT2D eigenvalue weighted by Gasteiger charge is 2.39. The van der Waals surface area contributed by atoms with Crippen molar-refractivity contribution in [1.82, 2.24) is 25.6 Å². The summed E-state index contributed by atoms with van der Waals surface area (Å²) in [6.07, 6.45) is -3.42. The molecule has 0 saturated carbocycles. The molecule has 0 aliphatic rings. The van der Waals surface area contributed by atoms with Crippen molar-refractivity contribution >= 4 is 5.78 Å². The lowest BCUT2D eigenvalue weighted by Gasteiger charge is -2.17. The highest BCUT2D eigenvalue weighted by atomic mass is 19.4. The number of benzene rings is 2. The van der Waals surface area contributed by atoms with Crippen molar-refractivity contribution in [3.63, 3.8) is 0 Å². The second-order valence-corrected chi connectivity index (χ2v) is 7.05. The molecule has 2 aromatic heterocycles. The van der Waals surface area contributed by atoms with Crippen LogP contribution in [0.5, 0.6) is 23.1 Å². The third-order valence-corrected chi connectivity index (χ3v) is 4.66. The first-order valence-electron chi connectivity index (χ1n) is 9.76. The number of rotatable bonds is 7. The van der Waals surface area contributed by atoms with Crippen LogP contribution in [0, 0.1) is 0 Å². The molecular formula is C22H16F3N5O4. The molecule has 0 saturated heterocycles. The molecule has 4 rings (SSSR count). The van der Waals surface area contributed by atoms with E-state index in [0.717, 1.165) is 19.1 Å². The Morgan fingerprint density at radius 2 is 1.97 bits per heavy atom. The van der Waals surface area contributed by atoms with Crippen molar-refractivity contribution in [2.24, 2.45) is 0 Å². The van der Waals surface area contributed by atoms with Crippen LogP contribution in [0.2, 0.25) is 0 Å². The van der Waals surface area contributed by atoms with E-state index in [1.54, 1.807) is 36.4 Å². The third kappa shape index (κ3) is 4.95. The van der Waals surface area contributed by atoms with Gasteiger partial charge in [-0.05, 0) is 48.0 Å². The Balaban J connectivity index is 1.53. The molecule has 4 aromatic rings. The quantitative estimate of drug-likeness (QED) is 0.376. The Morgan fingerprint density at radius 3 is 2.68 bits per heavy atom. The van der Waals surface area contributed by atoms with E-state index < -0.39 is 34.6 Å². The van der Waals surface area contributed by atoms with Gasteiger partial charge in [0, 0.05) is 17.8 Å². The number of phenols is 1. The highest BCUT2D eigenvalue weighted by Crippen LogP contribution is 2.44. The predicted molar refractivity (Wildman–Crippen MR) is 111 cm³/mol. The minimum Gasteiger partial charge on any atom is -0.506 e. The predicted octanol–water partition coefficient (Wildman–Crippen LogP) is 4.56. The van der Waals surface area contributed by atoms with E-state index >= 15 is 0 Å². The van der Waals surface area contributed by atoms with Crippen molar-refractivity contribution in [3.8, 4) is 34.5 Å². The number of hydrogen-bond donors (Lipinski definition) is 2. The van der Waals surface area contributed by atoms with Gasteiger partial charge in [-0.2, -0.15) is 18.4 Å². The Kier molecular flexibility index (Phi) is 6.13. The zero-order chi connectivity index (χ0) is 24.3. The van der Waals surface area contributed by atoms with Gasteiger partial charge >= 0.3 is 6.18 Å². The smallest absolute Gasteiger partial charge is 0.423 e. The molecular weight excluding hydrogens is 455 g/mol. The van der Waals surface area contributed by atoms with Crippen LogP contribution in [0.4, 0.5) is 13.2 Å². The zero-order valence-electron chi connectivity index (χ0n) is 17.5. The number of aromatic amines is 1. The molecule has 9 nitrogen and oxygen atoms in total. The maximum atomic E-state index is 13.5. The number of ketones is 1. The number of nitrogens with zero attached hydrogens (tertiary/aromatic N) is 4. The molecule has 0 spiro atoms. The van der Waals surface area contributed by atoms with Crippen molar-refractivity contribution in [3.05, 3.63) is 71.4 Å². The van der Waals surface area contributed by atoms with Gasteiger partial charge in [-0.1, -0.05) is 12.1 Å². The van der Waals surface area contributed by atoms with E-state index in [4.69, 9.17) is 9.47 Å². The number of aromatic hydroxyl groups is 1. The lowest BCUT2D eigenvalue weighted by molar-refractivity contribution is -0.140. The van der Waals surface area contributed by atoms with E-state index in [0.29, 0.717) is 22.7 Å². The van der Waals surface area contributed by atoms with Crippen LogP contribution in [-0.2, 0) is 12.8 Å². The lowest BCUT2D eigenvalue weighted by atomic mass is 10.0. The number of Topliss-reactive ketones (excluding diaryl/α,β-unsaturated/α-hetero) is 1. The van der Waals surface area contributed by atoms with E-state index in [2.05, 4.69) is 25.6 Å². The molecule has 2 N–H and O–H groups in total. The van der Waals surface area contributed by atoms with Crippen LogP contribution in [0.25, 0.3) is 11.4 Å². The van der Waals surface area contributed by atoms with Gasteiger partial charge in [0.05, 0.1) is 5.56 Å². The molecule has 174 valence electrons. The average molecular weight is 471 g/mol. The maximum absolute atomic E-state index is 13.5. The Labute approximate surface area is 190 Å². The Bertz CT molecular complexity index is 1330. The second-order valence-electron chi connectivity index (χ2n) is 7.05. The summed E-state index contributed by atoms with van der Waals surface area (Å²) >= 11 is 0. The monoisotopic (exact) mass is 471 g/mol. The van der Waals surface area contributed by atoms with Crippen LogP contribution in [0.15, 0.2) is 54.7 Å². The first-order chi connectivity index (χ1) is 16.2. The summed E-state index contributed by atoms with van der Waals surface area (Å²) in [5, 5.41) is 23.6. The fraction of sp³-hybridized carbons (Fsp3) is 0.136. The molecule has 0 aliphatic carbocycles. The lowest BCUT2D eigenvalue weighted by Crippen LogP contribution is -2.11. The van der Waals surface area contributed by atoms with Crippen LogP contribution in [-0.4, -0.2) is 36.5 Å². The normalized spacial score (nSPS) is 11.3. The molecule has 12 heteroatoms. The number of alkyl halides is 3. The number of nitrogens with one attached hydrogen (secondary N) is 1. The Morgan fingerprint density at radius 1 is 1.15 bits per heavy atom. The number of phenolic OH excluding ortho intramolecular Hbond substituents is 1. The number of H-pyrrole nitrogens is 1. The summed E-state index contributed by atoms with van der Waals surface area (Å²) < 4.78 is 51.7. The van der Waals surface area contributed by atoms with Crippen molar-refractivity contribution in [2.75, 3.05) is 0 Å². The standard InChI is InChI=1S/C22H16F3N5O4/c1-12(31)16-5-6-17(19(20(16)32)22(23,24)25)33-11-13-3-2-4-15(9-13)34-18-10-14(7-8-26-18)21-27-29-30-28-21/h2-10,32H,11H2,1H3,(H,27,28,29,30). The largest absolute Gasteiger partial charge is 0.506 e. The third-order valence-electron chi connectivity index (χ3n) is 4.66. The van der Waals surface area contributed by atoms with Crippen LogP contribution in [0.1, 0.15) is 28.4 Å². The van der Waals surface area contributed by atoms with E-state index in [9.17, 15) is 23.1 Å².